The molecule has 0 aromatic rings. The summed E-state index contributed by atoms with van der Waals surface area (Å²) >= 11 is 0. The van der Waals surface area contributed by atoms with Gasteiger partial charge in [0.05, 0.1) is 6.61 Å². The number of aliphatic hydroxyl groups is 1. The van der Waals surface area contributed by atoms with Crippen LogP contribution < -0.4 is 0 Å². The molecule has 0 aliphatic rings. The maximum Gasteiger partial charge on any atom is 0.332 e. The number of rotatable bonds is 5. The third-order valence-electron chi connectivity index (χ3n) is 3.56. The van der Waals surface area contributed by atoms with Gasteiger partial charge in [0.1, 0.15) is 0 Å². The Hall–Kier alpha value is -0.393. The molecular formula is C12H26O4Si. The number of carbonyl (C=O) groups is 1. The highest BCUT2D eigenvalue weighted by Crippen LogP contribution is 2.39. The maximum atomic E-state index is 11.3. The van der Waals surface area contributed by atoms with Crippen LogP contribution in [0.15, 0.2) is 0 Å². The molecule has 0 aromatic carbocycles. The van der Waals surface area contributed by atoms with Gasteiger partial charge in [0.2, 0.25) is 0 Å². The van der Waals surface area contributed by atoms with E-state index in [1.165, 1.54) is 0 Å². The third kappa shape index (κ3) is 4.08. The highest BCUT2D eigenvalue weighted by atomic mass is 28.4. The Labute approximate surface area is 105 Å². The average molecular weight is 262 g/mol. The van der Waals surface area contributed by atoms with Gasteiger partial charge in [0.15, 0.2) is 14.4 Å². The van der Waals surface area contributed by atoms with Gasteiger partial charge in [0, 0.05) is 5.41 Å². The molecule has 0 unspecified atom stereocenters. The Morgan fingerprint density at radius 2 is 1.65 bits per heavy atom. The second-order valence-electron chi connectivity index (χ2n) is 6.74. The van der Waals surface area contributed by atoms with Crippen LogP contribution in [0.5, 0.6) is 0 Å². The van der Waals surface area contributed by atoms with Gasteiger partial charge in [-0.3, -0.25) is 0 Å². The monoisotopic (exact) mass is 262 g/mol. The lowest BCUT2D eigenvalue weighted by Gasteiger charge is -2.42. The number of aliphatic carboxylic acids is 1. The summed E-state index contributed by atoms with van der Waals surface area (Å²) in [7, 11) is -2.15. The molecule has 0 spiro atoms. The van der Waals surface area contributed by atoms with Gasteiger partial charge in [-0.25, -0.2) is 4.79 Å². The smallest absolute Gasteiger partial charge is 0.332 e. The van der Waals surface area contributed by atoms with Gasteiger partial charge >= 0.3 is 5.97 Å². The zero-order chi connectivity index (χ0) is 14.1. The fraction of sp³-hybridized carbons (Fsp3) is 0.917. The molecule has 0 aliphatic carbocycles. The molecule has 0 bridgehead atoms. The van der Waals surface area contributed by atoms with Crippen molar-refractivity contribution in [1.29, 1.82) is 0 Å². The Bertz CT molecular complexity index is 279. The van der Waals surface area contributed by atoms with Crippen molar-refractivity contribution in [3.8, 4) is 0 Å². The van der Waals surface area contributed by atoms with Crippen molar-refractivity contribution in [1.82, 2.24) is 0 Å². The van der Waals surface area contributed by atoms with Crippen molar-refractivity contribution in [3.63, 3.8) is 0 Å². The van der Waals surface area contributed by atoms with Gasteiger partial charge in [-0.1, -0.05) is 34.6 Å². The summed E-state index contributed by atoms with van der Waals surface area (Å²) < 4.78 is 5.90. The average Bonchev–Trinajstić information content (AvgIpc) is 2.11. The number of hydrogen-bond donors (Lipinski definition) is 2. The molecule has 0 aliphatic heterocycles. The zero-order valence-electron chi connectivity index (χ0n) is 12.0. The van der Waals surface area contributed by atoms with Crippen LogP contribution in [0.25, 0.3) is 0 Å². The summed E-state index contributed by atoms with van der Waals surface area (Å²) in [5.41, 5.74) is -0.776. The fourth-order valence-electron chi connectivity index (χ4n) is 1.10. The SMILES string of the molecule is CC(C)(CO)[C@@H](O[Si](C)(C)C(C)(C)C)C(=O)O. The molecule has 1 atom stereocenters. The van der Waals surface area contributed by atoms with Crippen molar-refractivity contribution in [2.45, 2.75) is 58.9 Å². The normalized spacial score (nSPS) is 15.8. The van der Waals surface area contributed by atoms with E-state index in [9.17, 15) is 15.0 Å². The summed E-state index contributed by atoms with van der Waals surface area (Å²) in [6, 6.07) is 0. The van der Waals surface area contributed by atoms with Crippen LogP contribution in [0, 0.1) is 5.41 Å². The quantitative estimate of drug-likeness (QED) is 0.747. The van der Waals surface area contributed by atoms with Crippen LogP contribution in [0.2, 0.25) is 18.1 Å². The zero-order valence-corrected chi connectivity index (χ0v) is 13.0. The lowest BCUT2D eigenvalue weighted by atomic mass is 9.88. The molecule has 0 amide bonds. The second-order valence-corrected chi connectivity index (χ2v) is 11.5. The Morgan fingerprint density at radius 1 is 1.24 bits per heavy atom. The summed E-state index contributed by atoms with van der Waals surface area (Å²) in [6.07, 6.45) is -0.964. The van der Waals surface area contributed by atoms with Gasteiger partial charge in [-0.05, 0) is 18.1 Å². The first-order valence-electron chi connectivity index (χ1n) is 5.86. The molecular weight excluding hydrogens is 236 g/mol. The molecule has 2 N–H and O–H groups in total. The molecule has 0 radical (unpaired) electrons. The lowest BCUT2D eigenvalue weighted by molar-refractivity contribution is -0.153. The minimum absolute atomic E-state index is 0.0494. The van der Waals surface area contributed by atoms with Gasteiger partial charge in [0.25, 0.3) is 0 Å². The fourth-order valence-corrected chi connectivity index (χ4v) is 2.46. The molecule has 0 rings (SSSR count). The topological polar surface area (TPSA) is 66.8 Å². The highest BCUT2D eigenvalue weighted by molar-refractivity contribution is 6.74. The molecule has 0 saturated heterocycles. The van der Waals surface area contributed by atoms with E-state index >= 15 is 0 Å². The maximum absolute atomic E-state index is 11.3. The van der Waals surface area contributed by atoms with Crippen LogP contribution in [-0.2, 0) is 9.22 Å². The van der Waals surface area contributed by atoms with Crippen LogP contribution in [-0.4, -0.2) is 37.2 Å². The Balaban J connectivity index is 5.11. The second kappa shape index (κ2) is 5.08. The van der Waals surface area contributed by atoms with E-state index in [0.29, 0.717) is 0 Å². The van der Waals surface area contributed by atoms with Gasteiger partial charge in [-0.15, -0.1) is 0 Å². The van der Waals surface area contributed by atoms with Crippen LogP contribution >= 0.6 is 0 Å². The van der Waals surface area contributed by atoms with E-state index in [1.54, 1.807) is 13.8 Å². The molecule has 102 valence electrons. The van der Waals surface area contributed by atoms with E-state index < -0.39 is 25.8 Å². The first kappa shape index (κ1) is 16.6. The van der Waals surface area contributed by atoms with Crippen LogP contribution in [0.4, 0.5) is 0 Å². The summed E-state index contributed by atoms with van der Waals surface area (Å²) in [4.78, 5) is 11.3. The van der Waals surface area contributed by atoms with Crippen LogP contribution in [0.3, 0.4) is 0 Å². The molecule has 0 aromatic heterocycles. The Kier molecular flexibility index (Phi) is 4.96. The summed E-state index contributed by atoms with van der Waals surface area (Å²) in [5.74, 6) is -1.01. The van der Waals surface area contributed by atoms with Crippen molar-refractivity contribution < 1.29 is 19.4 Å². The van der Waals surface area contributed by atoms with E-state index in [1.807, 2.05) is 13.1 Å². The third-order valence-corrected chi connectivity index (χ3v) is 8.00. The molecule has 0 saturated carbocycles. The summed E-state index contributed by atoms with van der Waals surface area (Å²) in [6.45, 7) is 13.4. The lowest BCUT2D eigenvalue weighted by Crippen LogP contribution is -2.51. The predicted molar refractivity (Wildman–Crippen MR) is 70.6 cm³/mol. The first-order valence-corrected chi connectivity index (χ1v) is 8.77. The highest BCUT2D eigenvalue weighted by Gasteiger charge is 2.45. The standard InChI is InChI=1S/C12H26O4Si/c1-11(2,3)17(6,7)16-9(10(14)15)12(4,5)8-13/h9,13H,8H2,1-7H3,(H,14,15)/t9-/m0/s1. The largest absolute Gasteiger partial charge is 0.479 e. The van der Waals surface area contributed by atoms with Crippen molar-refractivity contribution in [2.24, 2.45) is 5.41 Å². The number of carboxylic acids is 1. The van der Waals surface area contributed by atoms with E-state index in [-0.39, 0.29) is 11.6 Å². The minimum atomic E-state index is -2.15. The molecule has 0 heterocycles. The van der Waals surface area contributed by atoms with E-state index in [4.69, 9.17) is 4.43 Å². The van der Waals surface area contributed by atoms with Crippen molar-refractivity contribution in [2.75, 3.05) is 6.61 Å². The van der Waals surface area contributed by atoms with Crippen LogP contribution in [0.1, 0.15) is 34.6 Å². The number of carboxylic acid groups (broad SMARTS) is 1. The van der Waals surface area contributed by atoms with Crippen molar-refractivity contribution >= 4 is 14.3 Å². The van der Waals surface area contributed by atoms with Gasteiger partial charge < -0.3 is 14.6 Å². The molecule has 4 nitrogen and oxygen atoms in total. The number of aliphatic hydroxyl groups excluding tert-OH is 1. The predicted octanol–water partition coefficient (Wildman–Crippen LogP) is 2.48. The summed E-state index contributed by atoms with van der Waals surface area (Å²) in [5, 5.41) is 18.5. The Morgan fingerprint density at radius 3 is 1.88 bits per heavy atom. The molecule has 5 heteroatoms. The van der Waals surface area contributed by atoms with E-state index in [2.05, 4.69) is 20.8 Å². The number of hydrogen-bond acceptors (Lipinski definition) is 3. The van der Waals surface area contributed by atoms with Crippen molar-refractivity contribution in [3.05, 3.63) is 0 Å². The van der Waals surface area contributed by atoms with E-state index in [0.717, 1.165) is 0 Å². The molecule has 17 heavy (non-hydrogen) atoms. The van der Waals surface area contributed by atoms with Gasteiger partial charge in [-0.2, -0.15) is 0 Å². The minimum Gasteiger partial charge on any atom is -0.479 e. The molecule has 0 fully saturated rings. The first-order chi connectivity index (χ1) is 7.35.